The van der Waals surface area contributed by atoms with E-state index in [0.29, 0.717) is 31.4 Å². The van der Waals surface area contributed by atoms with Gasteiger partial charge in [-0.05, 0) is 12.5 Å². The number of hydrogen-bond acceptors (Lipinski definition) is 8. The molecule has 3 aromatic rings. The summed E-state index contributed by atoms with van der Waals surface area (Å²) in [4.78, 5) is 27.4. The average Bonchev–Trinajstić information content (AvgIpc) is 3.38. The zero-order valence-corrected chi connectivity index (χ0v) is 20.6. The van der Waals surface area contributed by atoms with Gasteiger partial charge in [0.1, 0.15) is 10.6 Å². The molecule has 5 rings (SSSR count). The summed E-state index contributed by atoms with van der Waals surface area (Å²) in [7, 11) is 0. The van der Waals surface area contributed by atoms with Crippen molar-refractivity contribution >= 4 is 39.2 Å². The Morgan fingerprint density at radius 3 is 2.69 bits per heavy atom. The maximum Gasteiger partial charge on any atom is 0.451 e. The Balaban J connectivity index is 1.42. The summed E-state index contributed by atoms with van der Waals surface area (Å²) in [5.74, 6) is 0.509. The number of amides is 1. The average molecular weight is 509 g/mol. The Labute approximate surface area is 204 Å². The normalized spacial score (nSPS) is 16.7. The number of likely N-dealkylation sites (tertiary alicyclic amines) is 1. The van der Waals surface area contributed by atoms with Gasteiger partial charge in [-0.25, -0.2) is 4.98 Å². The van der Waals surface area contributed by atoms with Gasteiger partial charge in [0.2, 0.25) is 17.7 Å². The van der Waals surface area contributed by atoms with Gasteiger partial charge >= 0.3 is 6.18 Å². The van der Waals surface area contributed by atoms with Gasteiger partial charge in [-0.15, -0.1) is 21.5 Å². The van der Waals surface area contributed by atoms with Crippen molar-refractivity contribution in [3.05, 3.63) is 22.6 Å². The fraction of sp³-hybridized carbons (Fsp3) is 0.591. The number of nitrogens with one attached hydrogen (secondary N) is 1. The van der Waals surface area contributed by atoms with Gasteiger partial charge in [0, 0.05) is 37.0 Å². The Morgan fingerprint density at radius 1 is 1.23 bits per heavy atom. The Bertz CT molecular complexity index is 1250. The number of halogens is 3. The SMILES string of the molecule is CCCc1cc2c(N3CCn4c(nnc4C(F)(F)F)C3)nc(NC3CN(C(=O)C(C)C)C3)nc2s1. The summed E-state index contributed by atoms with van der Waals surface area (Å²) in [6.07, 6.45) is -2.63. The highest BCUT2D eigenvalue weighted by Gasteiger charge is 2.40. The second kappa shape index (κ2) is 8.92. The number of carbonyl (C=O) groups is 1. The van der Waals surface area contributed by atoms with Crippen LogP contribution < -0.4 is 10.2 Å². The number of hydrogen-bond donors (Lipinski definition) is 1. The van der Waals surface area contributed by atoms with E-state index in [0.717, 1.165) is 27.6 Å². The molecule has 0 atom stereocenters. The number of rotatable bonds is 6. The molecule has 13 heteroatoms. The van der Waals surface area contributed by atoms with Crippen molar-refractivity contribution in [2.24, 2.45) is 5.92 Å². The van der Waals surface area contributed by atoms with E-state index in [1.807, 2.05) is 23.6 Å². The number of nitrogens with zero attached hydrogens (tertiary/aromatic N) is 7. The zero-order chi connectivity index (χ0) is 24.9. The predicted octanol–water partition coefficient (Wildman–Crippen LogP) is 3.55. The maximum atomic E-state index is 13.3. The minimum absolute atomic E-state index is 0.0442. The highest BCUT2D eigenvalue weighted by atomic mass is 32.1. The van der Waals surface area contributed by atoms with Gasteiger partial charge < -0.3 is 19.7 Å². The first-order valence-electron chi connectivity index (χ1n) is 11.7. The van der Waals surface area contributed by atoms with Crippen LogP contribution in [0.15, 0.2) is 6.07 Å². The molecule has 1 N–H and O–H groups in total. The lowest BCUT2D eigenvalue weighted by Gasteiger charge is -2.40. The van der Waals surface area contributed by atoms with Gasteiger partial charge in [-0.3, -0.25) is 4.79 Å². The smallest absolute Gasteiger partial charge is 0.348 e. The zero-order valence-electron chi connectivity index (χ0n) is 19.8. The van der Waals surface area contributed by atoms with Crippen LogP contribution in [0.4, 0.5) is 24.9 Å². The quantitative estimate of drug-likeness (QED) is 0.544. The summed E-state index contributed by atoms with van der Waals surface area (Å²) >= 11 is 1.61. The number of fused-ring (bicyclic) bond motifs is 2. The maximum absolute atomic E-state index is 13.3. The van der Waals surface area contributed by atoms with Crippen molar-refractivity contribution in [1.29, 1.82) is 0 Å². The lowest BCUT2D eigenvalue weighted by molar-refractivity contribution is -0.147. The third-order valence-corrected chi connectivity index (χ3v) is 7.34. The molecule has 0 spiro atoms. The number of aryl methyl sites for hydroxylation is 1. The van der Waals surface area contributed by atoms with Gasteiger partial charge in [0.25, 0.3) is 0 Å². The van der Waals surface area contributed by atoms with Crippen LogP contribution >= 0.6 is 11.3 Å². The molecule has 0 radical (unpaired) electrons. The number of carbonyl (C=O) groups excluding carboxylic acids is 1. The Hall–Kier alpha value is -2.96. The van der Waals surface area contributed by atoms with E-state index < -0.39 is 12.0 Å². The molecule has 0 unspecified atom stereocenters. The van der Waals surface area contributed by atoms with E-state index in [-0.39, 0.29) is 36.8 Å². The minimum Gasteiger partial charge on any atom is -0.348 e. The monoisotopic (exact) mass is 508 g/mol. The fourth-order valence-electron chi connectivity index (χ4n) is 4.48. The molecular weight excluding hydrogens is 481 g/mol. The number of thiophene rings is 1. The summed E-state index contributed by atoms with van der Waals surface area (Å²) in [5, 5.41) is 11.4. The lowest BCUT2D eigenvalue weighted by Crippen LogP contribution is -2.58. The molecule has 5 heterocycles. The molecule has 3 aromatic heterocycles. The topological polar surface area (TPSA) is 92.1 Å². The molecule has 0 bridgehead atoms. The van der Waals surface area contributed by atoms with Gasteiger partial charge in [0.05, 0.1) is 18.0 Å². The van der Waals surface area contributed by atoms with Crippen LogP contribution in [0.1, 0.15) is 43.7 Å². The summed E-state index contributed by atoms with van der Waals surface area (Å²) in [5.41, 5.74) is 0. The van der Waals surface area contributed by atoms with Gasteiger partial charge in [-0.1, -0.05) is 27.2 Å². The molecule has 1 saturated heterocycles. The van der Waals surface area contributed by atoms with E-state index >= 15 is 0 Å². The molecule has 35 heavy (non-hydrogen) atoms. The highest BCUT2D eigenvalue weighted by Crippen LogP contribution is 2.35. The largest absolute Gasteiger partial charge is 0.451 e. The molecule has 9 nitrogen and oxygen atoms in total. The van der Waals surface area contributed by atoms with Crippen LogP contribution in [0.25, 0.3) is 10.2 Å². The predicted molar refractivity (Wildman–Crippen MR) is 126 cm³/mol. The van der Waals surface area contributed by atoms with E-state index in [2.05, 4.69) is 28.5 Å². The second-order valence-corrected chi connectivity index (χ2v) is 10.4. The lowest BCUT2D eigenvalue weighted by atomic mass is 10.1. The Morgan fingerprint density at radius 2 is 2.00 bits per heavy atom. The first kappa shape index (κ1) is 23.8. The third-order valence-electron chi connectivity index (χ3n) is 6.25. The van der Waals surface area contributed by atoms with Gasteiger partial charge in [-0.2, -0.15) is 18.2 Å². The van der Waals surface area contributed by atoms with Crippen molar-refractivity contribution in [2.45, 2.75) is 58.9 Å². The van der Waals surface area contributed by atoms with Gasteiger partial charge in [0.15, 0.2) is 5.82 Å². The standard InChI is InChI=1S/C22H27F3N8OS/c1-4-5-14-8-15-17(31-6-7-33-16(11-31)29-30-20(33)22(23,24)25)27-21(28-18(15)35-14)26-13-9-32(10-13)19(34)12(2)3/h8,12-13H,4-7,9-11H2,1-3H3,(H,26,27,28). The summed E-state index contributed by atoms with van der Waals surface area (Å²) in [6.45, 7) is 7.69. The minimum atomic E-state index is -4.54. The van der Waals surface area contributed by atoms with Crippen molar-refractivity contribution in [3.63, 3.8) is 0 Å². The van der Waals surface area contributed by atoms with Crippen LogP contribution in [0, 0.1) is 5.92 Å². The summed E-state index contributed by atoms with van der Waals surface area (Å²) < 4.78 is 40.9. The van der Waals surface area contributed by atoms with Crippen LogP contribution in [0.2, 0.25) is 0 Å². The van der Waals surface area contributed by atoms with Crippen LogP contribution in [-0.4, -0.2) is 61.2 Å². The van der Waals surface area contributed by atoms with Crippen molar-refractivity contribution in [2.75, 3.05) is 29.9 Å². The molecule has 2 aliphatic heterocycles. The third kappa shape index (κ3) is 4.53. The Kier molecular flexibility index (Phi) is 6.06. The number of aromatic nitrogens is 5. The fourth-order valence-corrected chi connectivity index (χ4v) is 5.60. The number of anilines is 2. The number of alkyl halides is 3. The van der Waals surface area contributed by atoms with Crippen LogP contribution in [-0.2, 0) is 30.5 Å². The van der Waals surface area contributed by atoms with Crippen molar-refractivity contribution in [3.8, 4) is 0 Å². The highest BCUT2D eigenvalue weighted by molar-refractivity contribution is 7.18. The molecule has 2 aliphatic rings. The molecule has 1 fully saturated rings. The molecule has 0 aliphatic carbocycles. The first-order chi connectivity index (χ1) is 16.6. The van der Waals surface area contributed by atoms with Crippen LogP contribution in [0.3, 0.4) is 0 Å². The van der Waals surface area contributed by atoms with Crippen LogP contribution in [0.5, 0.6) is 0 Å². The van der Waals surface area contributed by atoms with E-state index in [9.17, 15) is 18.0 Å². The summed E-state index contributed by atoms with van der Waals surface area (Å²) in [6, 6.07) is 2.13. The second-order valence-electron chi connectivity index (χ2n) is 9.30. The van der Waals surface area contributed by atoms with Crippen molar-refractivity contribution in [1.82, 2.24) is 29.6 Å². The van der Waals surface area contributed by atoms with E-state index in [4.69, 9.17) is 9.97 Å². The molecular formula is C22H27F3N8OS. The first-order valence-corrected chi connectivity index (χ1v) is 12.6. The molecule has 1 amide bonds. The molecule has 0 aromatic carbocycles. The van der Waals surface area contributed by atoms with Crippen molar-refractivity contribution < 1.29 is 18.0 Å². The molecule has 188 valence electrons. The molecule has 0 saturated carbocycles. The van der Waals surface area contributed by atoms with E-state index in [1.54, 1.807) is 11.3 Å². The van der Waals surface area contributed by atoms with E-state index in [1.165, 1.54) is 4.88 Å².